The first kappa shape index (κ1) is 24.3. The number of fused-ring (bicyclic) bond motifs is 1. The van der Waals surface area contributed by atoms with Gasteiger partial charge in [-0.05, 0) is 66.8 Å². The largest absolute Gasteiger partial charge is 0.507 e. The molecule has 0 spiro atoms. The van der Waals surface area contributed by atoms with Crippen LogP contribution >= 0.6 is 0 Å². The summed E-state index contributed by atoms with van der Waals surface area (Å²) in [5, 5.41) is 11.4. The second kappa shape index (κ2) is 9.24. The molecule has 1 aromatic heterocycles. The van der Waals surface area contributed by atoms with E-state index in [-0.39, 0.29) is 17.3 Å². The summed E-state index contributed by atoms with van der Waals surface area (Å²) >= 11 is 0. The maximum atomic E-state index is 13.5. The lowest BCUT2D eigenvalue weighted by atomic mass is 9.94. The number of carbonyl (C=O) groups is 2. The van der Waals surface area contributed by atoms with Gasteiger partial charge in [0.1, 0.15) is 5.76 Å². The van der Waals surface area contributed by atoms with Gasteiger partial charge >= 0.3 is 5.91 Å². The average Bonchev–Trinajstić information content (AvgIpc) is 3.41. The smallest absolute Gasteiger partial charge is 0.302 e. The van der Waals surface area contributed by atoms with E-state index in [4.69, 9.17) is 0 Å². The minimum atomic E-state index is -0.843. The van der Waals surface area contributed by atoms with Crippen LogP contribution in [0.5, 0.6) is 0 Å². The molecule has 7 nitrogen and oxygen atoms in total. The van der Waals surface area contributed by atoms with Gasteiger partial charge in [-0.1, -0.05) is 43.3 Å². The lowest BCUT2D eigenvalue weighted by Crippen LogP contribution is -2.30. The Morgan fingerprint density at radius 2 is 1.65 bits per heavy atom. The SMILES string of the molecule is CCc1ccc(/C(O)=C2\C(=O)C(=O)N(c3nc4cc(C)c(C)cc4[nH]3)C2c2ccc(N(C)C)cc2)cc1. The zero-order chi connectivity index (χ0) is 26.4. The van der Waals surface area contributed by atoms with E-state index in [9.17, 15) is 14.7 Å². The Kier molecular flexibility index (Phi) is 6.07. The molecule has 1 unspecified atom stereocenters. The first-order valence-corrected chi connectivity index (χ1v) is 12.3. The Bertz CT molecular complexity index is 1510. The average molecular weight is 495 g/mol. The molecule has 0 bridgehead atoms. The zero-order valence-electron chi connectivity index (χ0n) is 21.7. The number of amides is 1. The van der Waals surface area contributed by atoms with Gasteiger partial charge in [0.2, 0.25) is 5.95 Å². The summed E-state index contributed by atoms with van der Waals surface area (Å²) in [6.07, 6.45) is 0.856. The van der Waals surface area contributed by atoms with Gasteiger partial charge in [0.15, 0.2) is 0 Å². The van der Waals surface area contributed by atoms with Crippen LogP contribution in [-0.4, -0.2) is 40.9 Å². The van der Waals surface area contributed by atoms with Crippen LogP contribution in [0.25, 0.3) is 16.8 Å². The third kappa shape index (κ3) is 4.16. The van der Waals surface area contributed by atoms with Gasteiger partial charge in [-0.2, -0.15) is 0 Å². The summed E-state index contributed by atoms with van der Waals surface area (Å²) < 4.78 is 0. The number of aliphatic hydroxyl groups excluding tert-OH is 1. The lowest BCUT2D eigenvalue weighted by molar-refractivity contribution is -0.132. The maximum Gasteiger partial charge on any atom is 0.302 e. The number of imidazole rings is 1. The summed E-state index contributed by atoms with van der Waals surface area (Å²) in [7, 11) is 3.89. The fraction of sp³-hybridized carbons (Fsp3) is 0.233. The number of rotatable bonds is 5. The summed E-state index contributed by atoms with van der Waals surface area (Å²) in [4.78, 5) is 38.2. The fourth-order valence-electron chi connectivity index (χ4n) is 4.75. The van der Waals surface area contributed by atoms with Gasteiger partial charge < -0.3 is 15.0 Å². The molecule has 0 radical (unpaired) electrons. The van der Waals surface area contributed by atoms with E-state index in [0.29, 0.717) is 16.6 Å². The molecular formula is C30H30N4O3. The van der Waals surface area contributed by atoms with E-state index in [1.165, 1.54) is 4.90 Å². The molecule has 1 aliphatic rings. The monoisotopic (exact) mass is 494 g/mol. The van der Waals surface area contributed by atoms with Crippen molar-refractivity contribution in [2.24, 2.45) is 0 Å². The molecule has 1 fully saturated rings. The highest BCUT2D eigenvalue weighted by atomic mass is 16.3. The number of Topliss-reactive ketones (excluding diaryl/α,β-unsaturated/α-hetero) is 1. The Morgan fingerprint density at radius 1 is 1.00 bits per heavy atom. The molecule has 4 aromatic rings. The van der Waals surface area contributed by atoms with Crippen molar-refractivity contribution < 1.29 is 14.7 Å². The van der Waals surface area contributed by atoms with Crippen molar-refractivity contribution in [2.75, 3.05) is 23.9 Å². The predicted molar refractivity (Wildman–Crippen MR) is 147 cm³/mol. The maximum absolute atomic E-state index is 13.5. The number of aromatic amines is 1. The van der Waals surface area contributed by atoms with Crippen LogP contribution in [0, 0.1) is 13.8 Å². The van der Waals surface area contributed by atoms with Gasteiger partial charge in [0, 0.05) is 25.3 Å². The minimum Gasteiger partial charge on any atom is -0.507 e. The molecule has 0 aliphatic carbocycles. The number of hydrogen-bond donors (Lipinski definition) is 2. The number of ketones is 1. The quantitative estimate of drug-likeness (QED) is 0.219. The van der Waals surface area contributed by atoms with Crippen LogP contribution < -0.4 is 9.80 Å². The van der Waals surface area contributed by atoms with Crippen molar-refractivity contribution in [3.8, 4) is 0 Å². The molecule has 7 heteroatoms. The van der Waals surface area contributed by atoms with Gasteiger partial charge in [-0.25, -0.2) is 4.98 Å². The van der Waals surface area contributed by atoms with Crippen LogP contribution in [-0.2, 0) is 16.0 Å². The van der Waals surface area contributed by atoms with Gasteiger partial charge in [0.25, 0.3) is 5.78 Å². The number of carbonyl (C=O) groups excluding carboxylic acids is 2. The van der Waals surface area contributed by atoms with E-state index in [2.05, 4.69) is 9.97 Å². The Balaban J connectivity index is 1.70. The van der Waals surface area contributed by atoms with Crippen molar-refractivity contribution in [2.45, 2.75) is 33.2 Å². The molecule has 188 valence electrons. The molecule has 1 saturated heterocycles. The Hall–Kier alpha value is -4.39. The summed E-state index contributed by atoms with van der Waals surface area (Å²) in [6.45, 7) is 6.07. The molecule has 1 aliphatic heterocycles. The van der Waals surface area contributed by atoms with E-state index in [1.807, 2.05) is 88.3 Å². The summed E-state index contributed by atoms with van der Waals surface area (Å²) in [5.41, 5.74) is 6.97. The van der Waals surface area contributed by atoms with Crippen LogP contribution in [0.1, 0.15) is 40.8 Å². The number of nitrogens with one attached hydrogen (secondary N) is 1. The highest BCUT2D eigenvalue weighted by Gasteiger charge is 2.48. The molecular weight excluding hydrogens is 464 g/mol. The first-order valence-electron chi connectivity index (χ1n) is 12.3. The van der Waals surface area contributed by atoms with Crippen LogP contribution in [0.3, 0.4) is 0 Å². The standard InChI is InChI=1S/C30H30N4O3/c1-6-19-7-9-21(10-8-19)27(35)25-26(20-11-13-22(14-12-20)33(4)5)34(29(37)28(25)36)30-31-23-15-17(2)18(3)16-24(23)32-30/h7-16,26,35H,6H2,1-5H3,(H,31,32)/b27-25+. The van der Waals surface area contributed by atoms with E-state index in [0.717, 1.165) is 34.3 Å². The van der Waals surface area contributed by atoms with Crippen molar-refractivity contribution in [3.05, 3.63) is 94.1 Å². The van der Waals surface area contributed by atoms with E-state index >= 15 is 0 Å². The lowest BCUT2D eigenvalue weighted by Gasteiger charge is -2.23. The second-order valence-corrected chi connectivity index (χ2v) is 9.72. The van der Waals surface area contributed by atoms with Gasteiger partial charge in [-0.3, -0.25) is 14.5 Å². The first-order chi connectivity index (χ1) is 17.7. The third-order valence-corrected chi connectivity index (χ3v) is 7.12. The molecule has 3 aromatic carbocycles. The summed E-state index contributed by atoms with van der Waals surface area (Å²) in [6, 6.07) is 18.1. The highest BCUT2D eigenvalue weighted by molar-refractivity contribution is 6.51. The molecule has 1 amide bonds. The second-order valence-electron chi connectivity index (χ2n) is 9.72. The number of aromatic nitrogens is 2. The number of anilines is 2. The predicted octanol–water partition coefficient (Wildman–Crippen LogP) is 5.43. The van der Waals surface area contributed by atoms with Crippen LogP contribution in [0.15, 0.2) is 66.2 Å². The normalized spacial score (nSPS) is 17.1. The fourth-order valence-corrected chi connectivity index (χ4v) is 4.75. The van der Waals surface area contributed by atoms with Crippen molar-refractivity contribution >= 4 is 40.1 Å². The zero-order valence-corrected chi connectivity index (χ0v) is 21.7. The Morgan fingerprint density at radius 3 is 2.27 bits per heavy atom. The molecule has 2 heterocycles. The minimum absolute atomic E-state index is 0.0414. The number of nitrogens with zero attached hydrogens (tertiary/aromatic N) is 3. The van der Waals surface area contributed by atoms with Crippen molar-refractivity contribution in [3.63, 3.8) is 0 Å². The van der Waals surface area contributed by atoms with Crippen LogP contribution in [0.2, 0.25) is 0 Å². The number of benzene rings is 3. The number of aliphatic hydroxyl groups is 1. The number of H-pyrrole nitrogens is 1. The molecule has 37 heavy (non-hydrogen) atoms. The van der Waals surface area contributed by atoms with Gasteiger partial charge in [0.05, 0.1) is 22.6 Å². The van der Waals surface area contributed by atoms with E-state index in [1.54, 1.807) is 12.1 Å². The van der Waals surface area contributed by atoms with Gasteiger partial charge in [-0.15, -0.1) is 0 Å². The third-order valence-electron chi connectivity index (χ3n) is 7.12. The molecule has 0 saturated carbocycles. The Labute approximate surface area is 216 Å². The van der Waals surface area contributed by atoms with Crippen molar-refractivity contribution in [1.82, 2.24) is 9.97 Å². The molecule has 2 N–H and O–H groups in total. The summed E-state index contributed by atoms with van der Waals surface area (Å²) in [5.74, 6) is -1.41. The topological polar surface area (TPSA) is 89.5 Å². The molecule has 5 rings (SSSR count). The van der Waals surface area contributed by atoms with Crippen LogP contribution in [0.4, 0.5) is 11.6 Å². The number of aryl methyl sites for hydroxylation is 3. The molecule has 1 atom stereocenters. The van der Waals surface area contributed by atoms with Crippen molar-refractivity contribution in [1.29, 1.82) is 0 Å². The number of hydrogen-bond acceptors (Lipinski definition) is 5. The van der Waals surface area contributed by atoms with E-state index < -0.39 is 17.7 Å². The highest BCUT2D eigenvalue weighted by Crippen LogP contribution is 2.42.